The number of hydrogen-bond donors (Lipinski definition) is 3. The van der Waals surface area contributed by atoms with Gasteiger partial charge in [0.05, 0.1) is 11.8 Å². The number of halogens is 3. The van der Waals surface area contributed by atoms with Crippen molar-refractivity contribution < 1.29 is 27.9 Å². The van der Waals surface area contributed by atoms with Gasteiger partial charge in [-0.1, -0.05) is 0 Å². The van der Waals surface area contributed by atoms with Gasteiger partial charge in [-0.05, 0) is 0 Å². The van der Waals surface area contributed by atoms with Gasteiger partial charge < -0.3 is 10.8 Å². The number of urea groups is 1. The Bertz CT molecular complexity index is 321. The van der Waals surface area contributed by atoms with E-state index in [1.165, 1.54) is 5.43 Å². The van der Waals surface area contributed by atoms with Gasteiger partial charge in [-0.25, -0.2) is 15.0 Å². The highest BCUT2D eigenvalue weighted by Gasteiger charge is 2.33. The minimum absolute atomic E-state index is 0.0911. The normalized spacial score (nSPS) is 12.9. The molecular formula is C6H6F3N3O3. The lowest BCUT2D eigenvalue weighted by Gasteiger charge is -2.05. The number of nitrogens with two attached hydrogens (primary N) is 1. The van der Waals surface area contributed by atoms with Gasteiger partial charge in [0.2, 0.25) is 0 Å². The molecule has 0 aromatic carbocycles. The van der Waals surface area contributed by atoms with Crippen LogP contribution in [0.5, 0.6) is 0 Å². The van der Waals surface area contributed by atoms with Gasteiger partial charge in [0.25, 0.3) is 0 Å². The molecular weight excluding hydrogens is 219 g/mol. The van der Waals surface area contributed by atoms with Crippen LogP contribution in [0.2, 0.25) is 0 Å². The number of primary amides is 1. The summed E-state index contributed by atoms with van der Waals surface area (Å²) in [7, 11) is 0. The number of carboxylic acid groups (broad SMARTS) is 1. The molecule has 0 radical (unpaired) electrons. The van der Waals surface area contributed by atoms with Crippen molar-refractivity contribution in [3.8, 4) is 0 Å². The van der Waals surface area contributed by atoms with Crippen molar-refractivity contribution in [1.82, 2.24) is 5.43 Å². The first kappa shape index (κ1) is 12.9. The first-order valence-electron chi connectivity index (χ1n) is 3.34. The molecule has 0 fully saturated rings. The van der Waals surface area contributed by atoms with Crippen LogP contribution in [0, 0.1) is 0 Å². The molecule has 0 rings (SSSR count). The zero-order valence-corrected chi connectivity index (χ0v) is 7.08. The lowest BCUT2D eigenvalue weighted by molar-refractivity contribution is -0.132. The highest BCUT2D eigenvalue weighted by Crippen LogP contribution is 2.23. The molecule has 0 saturated heterocycles. The first-order chi connectivity index (χ1) is 6.73. The fourth-order valence-corrected chi connectivity index (χ4v) is 0.491. The molecule has 0 atom stereocenters. The topological polar surface area (TPSA) is 105 Å². The number of nitrogens with one attached hydrogen (secondary N) is 1. The summed E-state index contributed by atoms with van der Waals surface area (Å²) in [5, 5.41) is 10.9. The Kier molecular flexibility index (Phi) is 4.30. The molecule has 15 heavy (non-hydrogen) atoms. The summed E-state index contributed by atoms with van der Waals surface area (Å²) >= 11 is 0. The summed E-state index contributed by atoms with van der Waals surface area (Å²) < 4.78 is 36.1. The van der Waals surface area contributed by atoms with Crippen LogP contribution < -0.4 is 11.2 Å². The number of hydrogen-bond acceptors (Lipinski definition) is 3. The van der Waals surface area contributed by atoms with Crippen LogP contribution in [0.1, 0.15) is 0 Å². The van der Waals surface area contributed by atoms with E-state index in [2.05, 4.69) is 10.8 Å². The Morgan fingerprint density at radius 1 is 1.40 bits per heavy atom. The molecule has 0 aromatic heterocycles. The summed E-state index contributed by atoms with van der Waals surface area (Å²) in [6, 6.07) is -1.16. The number of carbonyl (C=O) groups is 2. The molecule has 0 aromatic rings. The number of carboxylic acids is 1. The molecule has 0 unspecified atom stereocenters. The van der Waals surface area contributed by atoms with Gasteiger partial charge in [0, 0.05) is 6.08 Å². The average molecular weight is 225 g/mol. The zero-order chi connectivity index (χ0) is 12.1. The standard InChI is InChI=1S/C6H6F3N3O3/c7-6(8,9)3(1-4(13)14)2-11-12-5(10)15/h1-2H,(H,13,14)(H3,10,12,15)/b3-1?,11-2+. The number of hydrazone groups is 1. The van der Waals surface area contributed by atoms with Gasteiger partial charge in [-0.2, -0.15) is 18.3 Å². The number of alkyl halides is 3. The number of aliphatic carboxylic acids is 1. The quantitative estimate of drug-likeness (QED) is 0.363. The lowest BCUT2D eigenvalue weighted by atomic mass is 10.2. The smallest absolute Gasteiger partial charge is 0.418 e. The van der Waals surface area contributed by atoms with E-state index in [0.29, 0.717) is 0 Å². The SMILES string of the molecule is NC(=O)N/N=C/C(=CC(=O)O)C(F)(F)F. The lowest BCUT2D eigenvalue weighted by Crippen LogP contribution is -2.25. The zero-order valence-electron chi connectivity index (χ0n) is 7.08. The molecule has 84 valence electrons. The fourth-order valence-electron chi connectivity index (χ4n) is 0.491. The van der Waals surface area contributed by atoms with E-state index in [0.717, 1.165) is 0 Å². The number of nitrogens with zero attached hydrogens (tertiary/aromatic N) is 1. The Labute approximate surface area is 81.2 Å². The third-order valence-corrected chi connectivity index (χ3v) is 0.985. The number of amides is 2. The minimum atomic E-state index is -4.87. The molecule has 0 aliphatic carbocycles. The van der Waals surface area contributed by atoms with Crippen LogP contribution in [-0.4, -0.2) is 29.5 Å². The number of carbonyl (C=O) groups excluding carboxylic acids is 1. The van der Waals surface area contributed by atoms with Gasteiger partial charge >= 0.3 is 18.2 Å². The molecule has 0 bridgehead atoms. The third kappa shape index (κ3) is 6.07. The van der Waals surface area contributed by atoms with E-state index in [1.807, 2.05) is 0 Å². The third-order valence-electron chi connectivity index (χ3n) is 0.985. The molecule has 4 N–H and O–H groups in total. The van der Waals surface area contributed by atoms with E-state index in [-0.39, 0.29) is 12.3 Å². The molecule has 2 amide bonds. The highest BCUT2D eigenvalue weighted by atomic mass is 19.4. The van der Waals surface area contributed by atoms with E-state index >= 15 is 0 Å². The second-order valence-electron chi connectivity index (χ2n) is 2.17. The van der Waals surface area contributed by atoms with Gasteiger partial charge in [0.15, 0.2) is 0 Å². The van der Waals surface area contributed by atoms with Crippen molar-refractivity contribution in [2.45, 2.75) is 6.18 Å². The Morgan fingerprint density at radius 2 is 1.93 bits per heavy atom. The van der Waals surface area contributed by atoms with E-state index in [9.17, 15) is 22.8 Å². The summed E-state index contributed by atoms with van der Waals surface area (Å²) in [5.74, 6) is -1.78. The van der Waals surface area contributed by atoms with Crippen LogP contribution in [-0.2, 0) is 4.79 Å². The molecule has 0 saturated carbocycles. The fraction of sp³-hybridized carbons (Fsp3) is 0.167. The van der Waals surface area contributed by atoms with Crippen LogP contribution in [0.25, 0.3) is 0 Å². The van der Waals surface area contributed by atoms with Crippen molar-refractivity contribution in [3.05, 3.63) is 11.6 Å². The van der Waals surface area contributed by atoms with Crippen LogP contribution in [0.4, 0.5) is 18.0 Å². The maximum absolute atomic E-state index is 12.0. The minimum Gasteiger partial charge on any atom is -0.478 e. The van der Waals surface area contributed by atoms with E-state index < -0.39 is 23.7 Å². The van der Waals surface area contributed by atoms with Crippen LogP contribution in [0.3, 0.4) is 0 Å². The van der Waals surface area contributed by atoms with Crippen molar-refractivity contribution in [2.75, 3.05) is 0 Å². The molecule has 0 aliphatic rings. The number of allylic oxidation sites excluding steroid dienone is 1. The van der Waals surface area contributed by atoms with Gasteiger partial charge in [-0.3, -0.25) is 0 Å². The predicted octanol–water partition coefficient (Wildman–Crippen LogP) is 0.214. The van der Waals surface area contributed by atoms with Crippen LogP contribution >= 0.6 is 0 Å². The maximum Gasteiger partial charge on any atom is 0.418 e. The number of rotatable bonds is 3. The first-order valence-corrected chi connectivity index (χ1v) is 3.34. The largest absolute Gasteiger partial charge is 0.478 e. The molecule has 0 heterocycles. The maximum atomic E-state index is 12.0. The van der Waals surface area contributed by atoms with Crippen molar-refractivity contribution in [3.63, 3.8) is 0 Å². The van der Waals surface area contributed by atoms with Gasteiger partial charge in [-0.15, -0.1) is 0 Å². The van der Waals surface area contributed by atoms with Crippen molar-refractivity contribution >= 4 is 18.2 Å². The van der Waals surface area contributed by atoms with Crippen molar-refractivity contribution in [1.29, 1.82) is 0 Å². The molecule has 6 nitrogen and oxygen atoms in total. The molecule has 9 heteroatoms. The van der Waals surface area contributed by atoms with Crippen molar-refractivity contribution in [2.24, 2.45) is 10.8 Å². The van der Waals surface area contributed by atoms with E-state index in [1.54, 1.807) is 0 Å². The summed E-state index contributed by atoms with van der Waals surface area (Å²) in [5.41, 5.74) is 4.48. The second-order valence-corrected chi connectivity index (χ2v) is 2.17. The molecule has 0 spiro atoms. The predicted molar refractivity (Wildman–Crippen MR) is 43.0 cm³/mol. The second kappa shape index (κ2) is 4.98. The Hall–Kier alpha value is -2.06. The average Bonchev–Trinajstić information content (AvgIpc) is 1.99. The highest BCUT2D eigenvalue weighted by molar-refractivity contribution is 5.91. The van der Waals surface area contributed by atoms with Crippen LogP contribution in [0.15, 0.2) is 16.8 Å². The monoisotopic (exact) mass is 225 g/mol. The Morgan fingerprint density at radius 3 is 2.27 bits per heavy atom. The Balaban J connectivity index is 4.76. The van der Waals surface area contributed by atoms with E-state index in [4.69, 9.17) is 5.11 Å². The summed E-state index contributed by atoms with van der Waals surface area (Å²) in [6.45, 7) is 0. The summed E-state index contributed by atoms with van der Waals surface area (Å²) in [6.07, 6.45) is -4.83. The molecule has 0 aliphatic heterocycles. The van der Waals surface area contributed by atoms with Gasteiger partial charge in [0.1, 0.15) is 0 Å². The summed E-state index contributed by atoms with van der Waals surface area (Å²) in [4.78, 5) is 20.0.